The SMILES string of the molecule is CC(C)(C)N1C(=O)c2ccc(NC(=O)Nc3ccc(N)c(Cl)c3)cc2C1=O. The number of anilines is 3. The lowest BCUT2D eigenvalue weighted by Crippen LogP contribution is -2.45. The zero-order chi connectivity index (χ0) is 19.9. The number of nitrogens with zero attached hydrogens (tertiary/aromatic N) is 1. The molecule has 0 spiro atoms. The summed E-state index contributed by atoms with van der Waals surface area (Å²) >= 11 is 5.93. The molecule has 1 heterocycles. The number of amides is 4. The van der Waals surface area contributed by atoms with Gasteiger partial charge < -0.3 is 16.4 Å². The lowest BCUT2D eigenvalue weighted by Gasteiger charge is -2.29. The standard InChI is InChI=1S/C19H19ClN4O3/c1-19(2,3)24-16(25)12-6-4-10(8-13(12)17(24)26)22-18(27)23-11-5-7-15(21)14(20)9-11/h4-9H,21H2,1-3H3,(H2,22,23,27). The van der Waals surface area contributed by atoms with Crippen molar-refractivity contribution in [1.29, 1.82) is 0 Å². The zero-order valence-electron chi connectivity index (χ0n) is 15.1. The van der Waals surface area contributed by atoms with E-state index in [0.29, 0.717) is 27.6 Å². The summed E-state index contributed by atoms with van der Waals surface area (Å²) in [5, 5.41) is 5.59. The van der Waals surface area contributed by atoms with Gasteiger partial charge in [-0.1, -0.05) is 11.6 Å². The molecular formula is C19H19ClN4O3. The number of benzene rings is 2. The van der Waals surface area contributed by atoms with Gasteiger partial charge in [0.2, 0.25) is 0 Å². The minimum atomic E-state index is -0.632. The second kappa shape index (κ2) is 6.59. The molecule has 0 saturated carbocycles. The molecule has 0 fully saturated rings. The number of nitrogens with one attached hydrogen (secondary N) is 2. The van der Waals surface area contributed by atoms with Gasteiger partial charge in [0.1, 0.15) is 0 Å². The van der Waals surface area contributed by atoms with E-state index in [2.05, 4.69) is 10.6 Å². The van der Waals surface area contributed by atoms with Crippen LogP contribution in [0, 0.1) is 0 Å². The molecule has 4 N–H and O–H groups in total. The predicted octanol–water partition coefficient (Wildman–Crippen LogP) is 3.96. The third-order valence-electron chi connectivity index (χ3n) is 4.07. The molecule has 0 radical (unpaired) electrons. The summed E-state index contributed by atoms with van der Waals surface area (Å²) in [6.45, 7) is 5.37. The Balaban J connectivity index is 1.78. The number of nitrogens with two attached hydrogens (primary N) is 1. The van der Waals surface area contributed by atoms with E-state index in [0.717, 1.165) is 0 Å². The Bertz CT molecular complexity index is 966. The maximum absolute atomic E-state index is 12.6. The molecule has 0 aromatic heterocycles. The van der Waals surface area contributed by atoms with Crippen molar-refractivity contribution in [3.05, 3.63) is 52.5 Å². The van der Waals surface area contributed by atoms with Gasteiger partial charge >= 0.3 is 6.03 Å². The van der Waals surface area contributed by atoms with Crippen molar-refractivity contribution in [3.8, 4) is 0 Å². The van der Waals surface area contributed by atoms with Crippen molar-refractivity contribution in [2.45, 2.75) is 26.3 Å². The highest BCUT2D eigenvalue weighted by molar-refractivity contribution is 6.33. The topological polar surface area (TPSA) is 105 Å². The first-order chi connectivity index (χ1) is 12.6. The number of halogens is 1. The van der Waals surface area contributed by atoms with Crippen LogP contribution in [0.25, 0.3) is 0 Å². The molecule has 1 aliphatic heterocycles. The van der Waals surface area contributed by atoms with Gasteiger partial charge in [-0.3, -0.25) is 14.5 Å². The van der Waals surface area contributed by atoms with Crippen molar-refractivity contribution in [2.24, 2.45) is 0 Å². The number of hydrogen-bond acceptors (Lipinski definition) is 4. The van der Waals surface area contributed by atoms with Crippen molar-refractivity contribution in [1.82, 2.24) is 4.90 Å². The highest BCUT2D eigenvalue weighted by Crippen LogP contribution is 2.31. The second-order valence-corrected chi connectivity index (χ2v) is 7.60. The summed E-state index contributed by atoms with van der Waals surface area (Å²) in [7, 11) is 0. The van der Waals surface area contributed by atoms with Crippen LogP contribution in [-0.4, -0.2) is 28.3 Å². The first kappa shape index (κ1) is 18.7. The molecule has 3 rings (SSSR count). The number of carbonyl (C=O) groups is 3. The van der Waals surface area contributed by atoms with E-state index in [4.69, 9.17) is 17.3 Å². The van der Waals surface area contributed by atoms with Crippen LogP contribution < -0.4 is 16.4 Å². The third-order valence-corrected chi connectivity index (χ3v) is 4.40. The quantitative estimate of drug-likeness (QED) is 0.536. The lowest BCUT2D eigenvalue weighted by molar-refractivity contribution is 0.0507. The number of imide groups is 1. The van der Waals surface area contributed by atoms with Crippen LogP contribution in [0.3, 0.4) is 0 Å². The summed E-state index contributed by atoms with van der Waals surface area (Å²) in [5.74, 6) is -0.716. The van der Waals surface area contributed by atoms with Crippen LogP contribution in [0.2, 0.25) is 5.02 Å². The lowest BCUT2D eigenvalue weighted by atomic mass is 10.1. The molecular weight excluding hydrogens is 368 g/mol. The summed E-state index contributed by atoms with van der Waals surface area (Å²) in [4.78, 5) is 38.5. The number of hydrogen-bond donors (Lipinski definition) is 3. The molecule has 0 saturated heterocycles. The van der Waals surface area contributed by atoms with Gasteiger partial charge in [0.25, 0.3) is 11.8 Å². The number of nitrogen functional groups attached to an aromatic ring is 1. The highest BCUT2D eigenvalue weighted by atomic mass is 35.5. The van der Waals surface area contributed by atoms with Crippen LogP contribution in [0.15, 0.2) is 36.4 Å². The Hall–Kier alpha value is -3.06. The molecule has 8 heteroatoms. The predicted molar refractivity (Wildman–Crippen MR) is 105 cm³/mol. The molecule has 0 unspecified atom stereocenters. The van der Waals surface area contributed by atoms with E-state index in [-0.39, 0.29) is 17.4 Å². The fraction of sp³-hybridized carbons (Fsp3) is 0.211. The first-order valence-electron chi connectivity index (χ1n) is 8.24. The molecule has 0 atom stereocenters. The molecule has 27 heavy (non-hydrogen) atoms. The molecule has 7 nitrogen and oxygen atoms in total. The Labute approximate surface area is 161 Å². The van der Waals surface area contributed by atoms with Crippen LogP contribution in [-0.2, 0) is 0 Å². The van der Waals surface area contributed by atoms with Gasteiger partial charge in [0, 0.05) is 16.9 Å². The van der Waals surface area contributed by atoms with Crippen LogP contribution in [0.5, 0.6) is 0 Å². The minimum Gasteiger partial charge on any atom is -0.398 e. The van der Waals surface area contributed by atoms with E-state index in [1.165, 1.54) is 23.1 Å². The number of rotatable bonds is 2. The van der Waals surface area contributed by atoms with Gasteiger partial charge in [-0.05, 0) is 57.2 Å². The Kier molecular flexibility index (Phi) is 4.57. The van der Waals surface area contributed by atoms with Crippen molar-refractivity contribution in [3.63, 3.8) is 0 Å². The first-order valence-corrected chi connectivity index (χ1v) is 8.61. The third kappa shape index (κ3) is 3.59. The van der Waals surface area contributed by atoms with Crippen molar-refractivity contribution < 1.29 is 14.4 Å². The van der Waals surface area contributed by atoms with Gasteiger partial charge in [0.15, 0.2) is 0 Å². The molecule has 2 aromatic carbocycles. The van der Waals surface area contributed by atoms with Crippen LogP contribution in [0.4, 0.5) is 21.9 Å². The summed E-state index contributed by atoms with van der Waals surface area (Å²) in [6.07, 6.45) is 0. The van der Waals surface area contributed by atoms with E-state index in [1.807, 2.05) is 0 Å². The molecule has 2 aromatic rings. The van der Waals surface area contributed by atoms with Gasteiger partial charge in [-0.2, -0.15) is 0 Å². The van der Waals surface area contributed by atoms with Gasteiger partial charge in [-0.25, -0.2) is 4.79 Å². The van der Waals surface area contributed by atoms with Crippen molar-refractivity contribution in [2.75, 3.05) is 16.4 Å². The smallest absolute Gasteiger partial charge is 0.323 e. The Morgan fingerprint density at radius 2 is 1.52 bits per heavy atom. The average Bonchev–Trinajstić information content (AvgIpc) is 2.81. The number of carbonyl (C=O) groups excluding carboxylic acids is 3. The normalized spacial score (nSPS) is 13.6. The average molecular weight is 387 g/mol. The van der Waals surface area contributed by atoms with Crippen molar-refractivity contribution >= 4 is 46.5 Å². The second-order valence-electron chi connectivity index (χ2n) is 7.19. The van der Waals surface area contributed by atoms with E-state index in [1.54, 1.807) is 39.0 Å². The number of fused-ring (bicyclic) bond motifs is 1. The van der Waals surface area contributed by atoms with E-state index >= 15 is 0 Å². The monoisotopic (exact) mass is 386 g/mol. The van der Waals surface area contributed by atoms with Crippen LogP contribution in [0.1, 0.15) is 41.5 Å². The number of urea groups is 1. The molecule has 140 valence electrons. The summed E-state index contributed by atoms with van der Waals surface area (Å²) in [6, 6.07) is 8.83. The fourth-order valence-corrected chi connectivity index (χ4v) is 3.01. The highest BCUT2D eigenvalue weighted by Gasteiger charge is 2.41. The maximum Gasteiger partial charge on any atom is 0.323 e. The maximum atomic E-state index is 12.6. The Morgan fingerprint density at radius 3 is 2.11 bits per heavy atom. The minimum absolute atomic E-state index is 0.267. The molecule has 4 amide bonds. The van der Waals surface area contributed by atoms with Gasteiger partial charge in [-0.15, -0.1) is 0 Å². The molecule has 1 aliphatic rings. The van der Waals surface area contributed by atoms with Crippen LogP contribution >= 0.6 is 11.6 Å². The summed E-state index contributed by atoms with van der Waals surface area (Å²) < 4.78 is 0. The zero-order valence-corrected chi connectivity index (χ0v) is 15.8. The van der Waals surface area contributed by atoms with E-state index < -0.39 is 11.6 Å². The van der Waals surface area contributed by atoms with E-state index in [9.17, 15) is 14.4 Å². The van der Waals surface area contributed by atoms with Gasteiger partial charge in [0.05, 0.1) is 21.8 Å². The Morgan fingerprint density at radius 1 is 0.963 bits per heavy atom. The molecule has 0 bridgehead atoms. The summed E-state index contributed by atoms with van der Waals surface area (Å²) in [5.41, 5.74) is 6.87. The molecule has 0 aliphatic carbocycles. The fourth-order valence-electron chi connectivity index (χ4n) is 2.83. The largest absolute Gasteiger partial charge is 0.398 e.